The number of aryl methyl sites for hydroxylation is 1. The number of H-pyrrole nitrogens is 1. The van der Waals surface area contributed by atoms with Crippen molar-refractivity contribution in [2.45, 2.75) is 39.2 Å². The zero-order valence-corrected chi connectivity index (χ0v) is 20.5. The van der Waals surface area contributed by atoms with Crippen LogP contribution in [-0.4, -0.2) is 33.0 Å². The summed E-state index contributed by atoms with van der Waals surface area (Å²) in [5.74, 6) is -0.186. The summed E-state index contributed by atoms with van der Waals surface area (Å²) in [6.07, 6.45) is 2.88. The summed E-state index contributed by atoms with van der Waals surface area (Å²) in [6.45, 7) is 5.91. The van der Waals surface area contributed by atoms with Gasteiger partial charge in [-0.25, -0.2) is 9.78 Å². The minimum atomic E-state index is -0.671. The van der Waals surface area contributed by atoms with Crippen LogP contribution in [0.3, 0.4) is 0 Å². The molecule has 3 aromatic rings. The number of nitro groups is 1. The highest BCUT2D eigenvalue weighted by Gasteiger charge is 2.26. The van der Waals surface area contributed by atoms with Gasteiger partial charge >= 0.3 is 11.7 Å². The smallest absolute Gasteiger partial charge is 0.341 e. The van der Waals surface area contributed by atoms with Crippen LogP contribution in [0, 0.1) is 10.1 Å². The van der Waals surface area contributed by atoms with Gasteiger partial charge in [0.25, 0.3) is 0 Å². The molecule has 11 heteroatoms. The Labute approximate surface area is 206 Å². The van der Waals surface area contributed by atoms with Gasteiger partial charge in [0.15, 0.2) is 0 Å². The van der Waals surface area contributed by atoms with Gasteiger partial charge in [0.1, 0.15) is 11.4 Å². The SMILES string of the molecule is CC(C)(C)OC(=O)c1c(-c2ccc(Cl)cc2Cl)c[nH]c1CCCNc1ccc([N+](=O)[O-])c(N)n1. The van der Waals surface area contributed by atoms with E-state index in [1.54, 1.807) is 45.2 Å². The minimum Gasteiger partial charge on any atom is -0.456 e. The van der Waals surface area contributed by atoms with Crippen molar-refractivity contribution in [1.82, 2.24) is 9.97 Å². The molecule has 4 N–H and O–H groups in total. The number of hydrogen-bond acceptors (Lipinski definition) is 7. The Bertz CT molecular complexity index is 1220. The number of pyridine rings is 1. The number of nitrogens with two attached hydrogens (primary N) is 1. The Hall–Kier alpha value is -3.30. The normalized spacial score (nSPS) is 11.3. The lowest BCUT2D eigenvalue weighted by molar-refractivity contribution is -0.384. The molecule has 0 atom stereocenters. The Morgan fingerprint density at radius 2 is 1.97 bits per heavy atom. The highest BCUT2D eigenvalue weighted by Crippen LogP contribution is 2.35. The molecule has 3 rings (SSSR count). The second-order valence-corrected chi connectivity index (χ2v) is 9.41. The molecule has 0 unspecified atom stereocenters. The Morgan fingerprint density at radius 3 is 2.59 bits per heavy atom. The summed E-state index contributed by atoms with van der Waals surface area (Å²) < 4.78 is 5.65. The zero-order valence-electron chi connectivity index (χ0n) is 18.9. The van der Waals surface area contributed by atoms with Gasteiger partial charge in [0.05, 0.1) is 10.5 Å². The van der Waals surface area contributed by atoms with Gasteiger partial charge < -0.3 is 20.8 Å². The number of nitrogens with one attached hydrogen (secondary N) is 2. The van der Waals surface area contributed by atoms with Gasteiger partial charge in [-0.2, -0.15) is 0 Å². The fourth-order valence-electron chi connectivity index (χ4n) is 3.35. The molecule has 0 bridgehead atoms. The number of ether oxygens (including phenoxy) is 1. The van der Waals surface area contributed by atoms with Crippen molar-refractivity contribution in [3.63, 3.8) is 0 Å². The van der Waals surface area contributed by atoms with E-state index in [9.17, 15) is 14.9 Å². The Kier molecular flexibility index (Phi) is 7.68. The largest absolute Gasteiger partial charge is 0.456 e. The lowest BCUT2D eigenvalue weighted by atomic mass is 10.0. The van der Waals surface area contributed by atoms with Crippen LogP contribution in [0.4, 0.5) is 17.3 Å². The van der Waals surface area contributed by atoms with Crippen molar-refractivity contribution in [3.8, 4) is 11.1 Å². The lowest BCUT2D eigenvalue weighted by Gasteiger charge is -2.20. The molecule has 0 saturated carbocycles. The second-order valence-electron chi connectivity index (χ2n) is 8.57. The van der Waals surface area contributed by atoms with Crippen molar-refractivity contribution < 1.29 is 14.5 Å². The van der Waals surface area contributed by atoms with Crippen molar-refractivity contribution >= 4 is 46.5 Å². The summed E-state index contributed by atoms with van der Waals surface area (Å²) in [5.41, 5.74) is 7.13. The Morgan fingerprint density at radius 1 is 1.24 bits per heavy atom. The number of hydrogen-bond donors (Lipinski definition) is 3. The summed E-state index contributed by atoms with van der Waals surface area (Å²) in [5, 5.41) is 14.9. The standard InChI is InChI=1S/C23H25Cl2N5O4/c1-23(2,3)34-22(31)20-15(14-7-6-13(24)11-16(14)25)12-28-17(20)5-4-10-27-19-9-8-18(30(32)33)21(26)29-19/h6-9,11-12,28H,4-5,10H2,1-3H3,(H3,26,27,29). The highest BCUT2D eigenvalue weighted by atomic mass is 35.5. The molecule has 0 spiro atoms. The van der Waals surface area contributed by atoms with Crippen LogP contribution in [0.2, 0.25) is 10.0 Å². The average Bonchev–Trinajstić information content (AvgIpc) is 3.13. The minimum absolute atomic E-state index is 0.156. The van der Waals surface area contributed by atoms with Gasteiger partial charge in [-0.15, -0.1) is 0 Å². The molecule has 180 valence electrons. The molecule has 0 fully saturated rings. The van der Waals surface area contributed by atoms with Crippen molar-refractivity contribution in [1.29, 1.82) is 0 Å². The molecule has 0 aliphatic carbocycles. The lowest BCUT2D eigenvalue weighted by Crippen LogP contribution is -2.24. The maximum atomic E-state index is 13.1. The number of carbonyl (C=O) groups is 1. The molecule has 0 aliphatic heterocycles. The second kappa shape index (κ2) is 10.3. The van der Waals surface area contributed by atoms with E-state index in [0.29, 0.717) is 57.6 Å². The van der Waals surface area contributed by atoms with Gasteiger partial charge in [-0.1, -0.05) is 29.3 Å². The summed E-state index contributed by atoms with van der Waals surface area (Å²) >= 11 is 12.4. The van der Waals surface area contributed by atoms with Crippen LogP contribution in [0.15, 0.2) is 36.5 Å². The molecule has 0 aliphatic rings. The number of nitrogens with zero attached hydrogens (tertiary/aromatic N) is 2. The predicted molar refractivity (Wildman–Crippen MR) is 134 cm³/mol. The molecule has 0 radical (unpaired) electrons. The Balaban J connectivity index is 1.78. The third-order valence-corrected chi connectivity index (χ3v) is 5.34. The summed E-state index contributed by atoms with van der Waals surface area (Å²) in [4.78, 5) is 30.6. The van der Waals surface area contributed by atoms with E-state index in [4.69, 9.17) is 33.7 Å². The van der Waals surface area contributed by atoms with Gasteiger partial charge in [-0.3, -0.25) is 10.1 Å². The molecule has 0 amide bonds. The van der Waals surface area contributed by atoms with Crippen LogP contribution < -0.4 is 11.1 Å². The first-order valence-corrected chi connectivity index (χ1v) is 11.3. The number of anilines is 2. The van der Waals surface area contributed by atoms with Crippen LogP contribution in [0.5, 0.6) is 0 Å². The van der Waals surface area contributed by atoms with Crippen LogP contribution in [-0.2, 0) is 11.2 Å². The number of aromatic nitrogens is 2. The predicted octanol–water partition coefficient (Wildman–Crippen LogP) is 5.87. The van der Waals surface area contributed by atoms with Crippen molar-refractivity contribution in [3.05, 3.63) is 67.9 Å². The third-order valence-electron chi connectivity index (χ3n) is 4.79. The molecular weight excluding hydrogens is 481 g/mol. The van der Waals surface area contributed by atoms with Crippen LogP contribution in [0.25, 0.3) is 11.1 Å². The van der Waals surface area contributed by atoms with Gasteiger partial charge in [0, 0.05) is 45.7 Å². The maximum absolute atomic E-state index is 13.1. The van der Waals surface area contributed by atoms with Gasteiger partial charge in [0.2, 0.25) is 5.82 Å². The summed E-state index contributed by atoms with van der Waals surface area (Å²) in [7, 11) is 0. The number of halogens is 2. The molecule has 34 heavy (non-hydrogen) atoms. The van der Waals surface area contributed by atoms with Gasteiger partial charge in [-0.05, 0) is 51.8 Å². The maximum Gasteiger partial charge on any atom is 0.341 e. The van der Waals surface area contributed by atoms with E-state index >= 15 is 0 Å². The van der Waals surface area contributed by atoms with E-state index in [1.807, 2.05) is 0 Å². The number of aromatic amines is 1. The summed E-state index contributed by atoms with van der Waals surface area (Å²) in [6, 6.07) is 7.89. The fourth-order valence-corrected chi connectivity index (χ4v) is 3.86. The number of nitrogen functional groups attached to an aromatic ring is 1. The monoisotopic (exact) mass is 505 g/mol. The van der Waals surface area contributed by atoms with Crippen molar-refractivity contribution in [2.75, 3.05) is 17.6 Å². The van der Waals surface area contributed by atoms with E-state index < -0.39 is 16.5 Å². The molecule has 2 aromatic heterocycles. The first-order chi connectivity index (χ1) is 16.0. The molecule has 1 aromatic carbocycles. The number of benzene rings is 1. The third kappa shape index (κ3) is 6.18. The number of esters is 1. The van der Waals surface area contributed by atoms with Crippen LogP contribution >= 0.6 is 23.2 Å². The van der Waals surface area contributed by atoms with E-state index in [2.05, 4.69) is 15.3 Å². The fraction of sp³-hybridized carbons (Fsp3) is 0.304. The van der Waals surface area contributed by atoms with E-state index in [-0.39, 0.29) is 11.5 Å². The number of carbonyl (C=O) groups excluding carboxylic acids is 1. The van der Waals surface area contributed by atoms with E-state index in [0.717, 1.165) is 0 Å². The topological polar surface area (TPSA) is 136 Å². The number of rotatable bonds is 8. The van der Waals surface area contributed by atoms with E-state index in [1.165, 1.54) is 12.1 Å². The highest BCUT2D eigenvalue weighted by molar-refractivity contribution is 6.36. The molecule has 9 nitrogen and oxygen atoms in total. The molecule has 2 heterocycles. The average molecular weight is 506 g/mol. The first kappa shape index (κ1) is 25.3. The van der Waals surface area contributed by atoms with Crippen LogP contribution in [0.1, 0.15) is 43.2 Å². The molecular formula is C23H25Cl2N5O4. The molecule has 0 saturated heterocycles. The quantitative estimate of drug-likeness (QED) is 0.150. The van der Waals surface area contributed by atoms with Crippen molar-refractivity contribution in [2.24, 2.45) is 0 Å². The zero-order chi connectivity index (χ0) is 25.0. The first-order valence-electron chi connectivity index (χ1n) is 10.5.